The van der Waals surface area contributed by atoms with Gasteiger partial charge in [0.05, 0.1) is 104 Å². The van der Waals surface area contributed by atoms with Crippen molar-refractivity contribution in [2.45, 2.75) is 92.2 Å². The summed E-state index contributed by atoms with van der Waals surface area (Å²) in [5.41, 5.74) is 6.26. The number of carbonyl (C=O) groups excluding carboxylic acids is 3. The molecule has 6 aromatic heterocycles. The fourth-order valence-electron chi connectivity index (χ4n) is 8.84. The monoisotopic (exact) mass is 1450 g/mol. The number of urea groups is 1. The first-order valence-electron chi connectivity index (χ1n) is 27.1. The number of nitrogens with zero attached hydrogens (tertiary/aromatic N) is 6. The topological polar surface area (TPSA) is 418 Å². The largest absolute Gasteiger partial charge is 2.00 e. The van der Waals surface area contributed by atoms with Crippen LogP contribution in [0.15, 0.2) is 110 Å². The SMILES string of the molecule is Cc1ccnc(-c2cc(CCCC(=O)NCCOCCOCCNC(=O)CCCCC3SCC4NC(=O)NC43)ccn2)c1.O=S(=O)([O-])Cc1ccnc(-c2cc(CS(=O)(=O)O)ccn2)c1.O=S(=O)([O-])Cc1ccnc(-c2cc(CS(=O)(=O)O)ccn2)c1.[Na+].[Na+].[Ru+2]. The number of rotatable bonds is 29. The van der Waals surface area contributed by atoms with Crippen molar-refractivity contribution < 1.29 is 154 Å². The Morgan fingerprint density at radius 1 is 0.556 bits per heavy atom. The maximum atomic E-state index is 12.1. The van der Waals surface area contributed by atoms with Crippen molar-refractivity contribution in [2.75, 3.05) is 45.3 Å². The Kier molecular flexibility index (Phi) is 34.9. The Balaban J connectivity index is 0.000000381. The summed E-state index contributed by atoms with van der Waals surface area (Å²) in [6.45, 7) is 4.68. The minimum Gasteiger partial charge on any atom is -0.748 e. The predicted molar refractivity (Wildman–Crippen MR) is 319 cm³/mol. The molecule has 6 N–H and O–H groups in total. The van der Waals surface area contributed by atoms with Gasteiger partial charge in [0.25, 0.3) is 20.2 Å². The number of thioether (sulfide) groups is 1. The summed E-state index contributed by atoms with van der Waals surface area (Å²) in [6, 6.07) is 19.6. The molecule has 35 heteroatoms. The molecular weight excluding hydrogens is 1380 g/mol. The number of nitrogens with one attached hydrogen (secondary N) is 4. The van der Waals surface area contributed by atoms with Gasteiger partial charge in [-0.3, -0.25) is 48.6 Å². The zero-order chi connectivity index (χ0) is 63.0. The van der Waals surface area contributed by atoms with Gasteiger partial charge >= 0.3 is 84.6 Å². The van der Waals surface area contributed by atoms with Gasteiger partial charge < -0.3 is 39.8 Å². The molecule has 2 aliphatic rings. The van der Waals surface area contributed by atoms with E-state index in [0.29, 0.717) is 91.5 Å². The molecule has 8 rings (SSSR count). The average molecular weight is 1450 g/mol. The quantitative estimate of drug-likeness (QED) is 0.0127. The van der Waals surface area contributed by atoms with Crippen LogP contribution in [-0.4, -0.2) is 162 Å². The van der Waals surface area contributed by atoms with Crippen LogP contribution in [-0.2, 0) is 108 Å². The van der Waals surface area contributed by atoms with E-state index >= 15 is 0 Å². The molecule has 0 bridgehead atoms. The molecule has 0 radical (unpaired) electrons. The maximum Gasteiger partial charge on any atom is 2.00 e. The van der Waals surface area contributed by atoms with Crippen LogP contribution in [0.4, 0.5) is 4.79 Å². The molecule has 476 valence electrons. The van der Waals surface area contributed by atoms with E-state index in [1.165, 1.54) is 73.3 Å². The van der Waals surface area contributed by atoms with Crippen LogP contribution >= 0.6 is 11.8 Å². The van der Waals surface area contributed by atoms with E-state index in [0.717, 1.165) is 60.4 Å². The van der Waals surface area contributed by atoms with E-state index in [9.17, 15) is 57.2 Å². The van der Waals surface area contributed by atoms with Crippen molar-refractivity contribution in [3.8, 4) is 34.2 Å². The third-order valence-electron chi connectivity index (χ3n) is 12.7. The number of fused-ring (bicyclic) bond motifs is 1. The molecule has 90 heavy (non-hydrogen) atoms. The molecule has 0 saturated carbocycles. The predicted octanol–water partition coefficient (Wildman–Crippen LogP) is -2.08. The third-order valence-corrected chi connectivity index (χ3v) is 16.9. The molecule has 6 aromatic rings. The Labute approximate surface area is 584 Å². The summed E-state index contributed by atoms with van der Waals surface area (Å²) in [7, 11) is -17.2. The Hall–Kier alpha value is -4.36. The molecular formula is C55H66N10Na2O17RuS5+2. The number of amides is 4. The average Bonchev–Trinajstić information content (AvgIpc) is 1.94. The summed E-state index contributed by atoms with van der Waals surface area (Å²) >= 11 is 1.90. The Morgan fingerprint density at radius 2 is 0.933 bits per heavy atom. The molecule has 27 nitrogen and oxygen atoms in total. The third kappa shape index (κ3) is 31.5. The molecule has 2 saturated heterocycles. The van der Waals surface area contributed by atoms with Gasteiger partial charge in [-0.15, -0.1) is 0 Å². The normalized spacial score (nSPS) is 15.1. The van der Waals surface area contributed by atoms with Crippen molar-refractivity contribution in [3.05, 3.63) is 143 Å². The van der Waals surface area contributed by atoms with Crippen LogP contribution < -0.4 is 80.4 Å². The molecule has 3 atom stereocenters. The minimum atomic E-state index is -4.42. The van der Waals surface area contributed by atoms with Gasteiger partial charge in [0.2, 0.25) is 11.8 Å². The van der Waals surface area contributed by atoms with Crippen molar-refractivity contribution in [2.24, 2.45) is 0 Å². The number of hydrogen-bond donors (Lipinski definition) is 6. The first kappa shape index (κ1) is 79.9. The van der Waals surface area contributed by atoms with Crippen molar-refractivity contribution in [1.29, 1.82) is 0 Å². The second-order valence-corrected chi connectivity index (χ2v) is 27.0. The molecule has 8 heterocycles. The number of pyridine rings is 6. The molecule has 0 spiro atoms. The summed E-state index contributed by atoms with van der Waals surface area (Å²) in [5, 5.41) is 12.2. The number of carbonyl (C=O) groups is 3. The maximum absolute atomic E-state index is 12.1. The molecule has 2 aliphatic heterocycles. The van der Waals surface area contributed by atoms with E-state index in [4.69, 9.17) is 18.6 Å². The smallest absolute Gasteiger partial charge is 0.748 e. The van der Waals surface area contributed by atoms with Crippen molar-refractivity contribution >= 4 is 70.1 Å². The number of aromatic nitrogens is 6. The molecule has 3 unspecified atom stereocenters. The Morgan fingerprint density at radius 3 is 1.34 bits per heavy atom. The van der Waals surface area contributed by atoms with Crippen LogP contribution in [0.2, 0.25) is 0 Å². The number of unbranched alkanes of at least 4 members (excludes halogenated alkanes) is 1. The fourth-order valence-corrected chi connectivity index (χ4v) is 12.8. The molecule has 0 aromatic carbocycles. The van der Waals surface area contributed by atoms with Crippen LogP contribution in [0.5, 0.6) is 0 Å². The van der Waals surface area contributed by atoms with Gasteiger partial charge in [0, 0.05) is 74.1 Å². The molecule has 4 amide bonds. The first-order valence-corrected chi connectivity index (χ1v) is 34.5. The standard InChI is InChI=1S/C31H44N6O5S.2C12H12N2O6S2.2Na.Ru/c1-22-9-11-32-24(19-22)25-20-23(10-12-33-25)5-4-8-29(39)35-14-16-42-18-17-41-15-13-34-28(38)7-3-2-6-27-30-26(21-43-27)36-31(40)37-30;2*15-21(16,17)7-9-1-3-13-11(5-9)12-6-10(2-4-14-12)8-22(18,19)20;;;/h9-12,19-20,26-27,30H,2-8,13-18,21H2,1H3,(H,34,38)(H,35,39)(H2,36,37,40);2*1-6H,7-8H2,(H,15,16,17)(H,18,19,20);;;/q;;;2*+1;+2/p-2. The number of ether oxygens (including phenoxy) is 2. The second-order valence-electron chi connectivity index (χ2n) is 20.0. The van der Waals surface area contributed by atoms with Gasteiger partial charge in [0.1, 0.15) is 11.5 Å². The van der Waals surface area contributed by atoms with E-state index in [1.807, 2.05) is 43.0 Å². The van der Waals surface area contributed by atoms with Crippen molar-refractivity contribution in [1.82, 2.24) is 51.2 Å². The number of hydrogen-bond acceptors (Lipinski definition) is 22. The first-order chi connectivity index (χ1) is 41.2. The summed E-state index contributed by atoms with van der Waals surface area (Å²) in [6.07, 6.45) is 14.2. The number of aryl methyl sites for hydroxylation is 2. The molecule has 0 aliphatic carbocycles. The second kappa shape index (κ2) is 39.4. The van der Waals surface area contributed by atoms with Gasteiger partial charge in [-0.25, -0.2) is 21.6 Å². The van der Waals surface area contributed by atoms with Gasteiger partial charge in [-0.05, 0) is 139 Å². The summed E-state index contributed by atoms with van der Waals surface area (Å²) in [5.74, 6) is -1.49. The van der Waals surface area contributed by atoms with E-state index < -0.39 is 63.5 Å². The molecule has 2 fully saturated rings. The Bertz CT molecular complexity index is 3480. The van der Waals surface area contributed by atoms with Crippen LogP contribution in [0, 0.1) is 6.92 Å². The van der Waals surface area contributed by atoms with Crippen LogP contribution in [0.1, 0.15) is 71.9 Å². The van der Waals surface area contributed by atoms with Crippen LogP contribution in [0.3, 0.4) is 0 Å². The van der Waals surface area contributed by atoms with Gasteiger partial charge in [-0.2, -0.15) is 28.6 Å². The van der Waals surface area contributed by atoms with Crippen molar-refractivity contribution in [3.63, 3.8) is 0 Å². The zero-order valence-corrected chi connectivity index (χ0v) is 59.3. The summed E-state index contributed by atoms with van der Waals surface area (Å²) < 4.78 is 137. The fraction of sp³-hybridized carbons (Fsp3) is 0.400. The van der Waals surface area contributed by atoms with Gasteiger partial charge in [0.15, 0.2) is 0 Å². The minimum absolute atomic E-state index is 0. The summed E-state index contributed by atoms with van der Waals surface area (Å²) in [4.78, 5) is 60.5. The van der Waals surface area contributed by atoms with E-state index in [2.05, 4.69) is 51.2 Å². The van der Waals surface area contributed by atoms with E-state index in [-0.39, 0.29) is 120 Å². The van der Waals surface area contributed by atoms with Crippen LogP contribution in [0.25, 0.3) is 34.2 Å². The van der Waals surface area contributed by atoms with Gasteiger partial charge in [-0.1, -0.05) is 6.42 Å². The zero-order valence-electron chi connectivity index (χ0n) is 49.4. The van der Waals surface area contributed by atoms with E-state index in [1.54, 1.807) is 12.4 Å².